The Hall–Kier alpha value is -1.10. The van der Waals surface area contributed by atoms with Gasteiger partial charge >= 0.3 is 6.01 Å². The summed E-state index contributed by atoms with van der Waals surface area (Å²) in [4.78, 5) is 11.2. The van der Waals surface area contributed by atoms with Gasteiger partial charge in [0.05, 0.1) is 0 Å². The molecule has 0 saturated carbocycles. The molecule has 1 aromatic heterocycles. The molecule has 1 unspecified atom stereocenters. The van der Waals surface area contributed by atoms with Gasteiger partial charge in [0.25, 0.3) is 0 Å². The molecule has 2 N–H and O–H groups in total. The van der Waals surface area contributed by atoms with Crippen LogP contribution in [0.1, 0.15) is 20.8 Å². The van der Waals surface area contributed by atoms with Crippen LogP contribution in [0.4, 0.5) is 5.95 Å². The lowest BCUT2D eigenvalue weighted by Gasteiger charge is -2.16. The van der Waals surface area contributed by atoms with Crippen molar-refractivity contribution in [3.8, 4) is 6.01 Å². The zero-order valence-electron chi connectivity index (χ0n) is 8.36. The molecule has 0 spiro atoms. The fraction of sp³-hybridized carbons (Fsp3) is 0.625. The van der Waals surface area contributed by atoms with Gasteiger partial charge in [-0.25, -0.2) is 0 Å². The van der Waals surface area contributed by atoms with Gasteiger partial charge in [0.2, 0.25) is 11.2 Å². The van der Waals surface area contributed by atoms with E-state index in [1.54, 1.807) is 0 Å². The van der Waals surface area contributed by atoms with E-state index < -0.39 is 0 Å². The summed E-state index contributed by atoms with van der Waals surface area (Å²) >= 11 is 5.59. The molecule has 14 heavy (non-hydrogen) atoms. The maximum atomic E-state index is 5.59. The van der Waals surface area contributed by atoms with Gasteiger partial charge in [-0.1, -0.05) is 13.8 Å². The van der Waals surface area contributed by atoms with Crippen LogP contribution in [0.2, 0.25) is 5.28 Å². The van der Waals surface area contributed by atoms with Crippen molar-refractivity contribution in [3.05, 3.63) is 5.28 Å². The van der Waals surface area contributed by atoms with Gasteiger partial charge in [0.15, 0.2) is 0 Å². The van der Waals surface area contributed by atoms with E-state index in [0.717, 1.165) is 0 Å². The lowest BCUT2D eigenvalue weighted by atomic mass is 10.1. The Kier molecular flexibility index (Phi) is 3.46. The molecule has 5 nitrogen and oxygen atoms in total. The number of halogens is 1. The molecule has 0 amide bonds. The van der Waals surface area contributed by atoms with Gasteiger partial charge in [-0.3, -0.25) is 0 Å². The van der Waals surface area contributed by atoms with E-state index in [0.29, 0.717) is 5.92 Å². The molecule has 0 saturated heterocycles. The SMILES string of the molecule is CC(C)C(C)Oc1nc(N)nc(Cl)n1. The third kappa shape index (κ3) is 2.99. The highest BCUT2D eigenvalue weighted by Gasteiger charge is 2.11. The van der Waals surface area contributed by atoms with Crippen molar-refractivity contribution in [2.24, 2.45) is 5.92 Å². The third-order valence-electron chi connectivity index (χ3n) is 1.84. The van der Waals surface area contributed by atoms with Crippen LogP contribution < -0.4 is 10.5 Å². The molecular formula is C8H13ClN4O. The number of ether oxygens (including phenoxy) is 1. The molecule has 78 valence electrons. The minimum absolute atomic E-state index is 0.00728. The van der Waals surface area contributed by atoms with Crippen LogP contribution in [0.3, 0.4) is 0 Å². The Morgan fingerprint density at radius 2 is 1.86 bits per heavy atom. The summed E-state index contributed by atoms with van der Waals surface area (Å²) in [6.07, 6.45) is 0.00728. The molecule has 0 aliphatic carbocycles. The molecule has 0 aliphatic heterocycles. The van der Waals surface area contributed by atoms with Crippen LogP contribution in [0.5, 0.6) is 6.01 Å². The number of nitrogens with zero attached hydrogens (tertiary/aromatic N) is 3. The molecule has 0 radical (unpaired) electrons. The second-order valence-corrected chi connectivity index (χ2v) is 3.65. The number of nitrogens with two attached hydrogens (primary N) is 1. The third-order valence-corrected chi connectivity index (χ3v) is 2.00. The number of anilines is 1. The van der Waals surface area contributed by atoms with E-state index in [2.05, 4.69) is 15.0 Å². The molecule has 0 aromatic carbocycles. The van der Waals surface area contributed by atoms with Crippen molar-refractivity contribution >= 4 is 17.5 Å². The molecule has 1 rings (SSSR count). The average molecular weight is 217 g/mol. The first-order valence-corrected chi connectivity index (χ1v) is 4.70. The minimum atomic E-state index is 0.00728. The maximum Gasteiger partial charge on any atom is 0.322 e. The van der Waals surface area contributed by atoms with E-state index in [-0.39, 0.29) is 23.3 Å². The minimum Gasteiger partial charge on any atom is -0.460 e. The van der Waals surface area contributed by atoms with Crippen molar-refractivity contribution in [3.63, 3.8) is 0 Å². The van der Waals surface area contributed by atoms with Gasteiger partial charge in [0.1, 0.15) is 6.10 Å². The van der Waals surface area contributed by atoms with E-state index in [1.807, 2.05) is 20.8 Å². The van der Waals surface area contributed by atoms with Crippen molar-refractivity contribution in [1.82, 2.24) is 15.0 Å². The predicted molar refractivity (Wildman–Crippen MR) is 54.2 cm³/mol. The summed E-state index contributed by atoms with van der Waals surface area (Å²) in [7, 11) is 0. The van der Waals surface area contributed by atoms with Crippen LogP contribution in [0.25, 0.3) is 0 Å². The molecular weight excluding hydrogens is 204 g/mol. The smallest absolute Gasteiger partial charge is 0.322 e. The molecule has 0 bridgehead atoms. The zero-order chi connectivity index (χ0) is 10.7. The molecule has 1 aromatic rings. The Labute approximate surface area is 87.7 Å². The Morgan fingerprint density at radius 3 is 2.36 bits per heavy atom. The molecule has 6 heteroatoms. The number of nitrogen functional groups attached to an aromatic ring is 1. The maximum absolute atomic E-state index is 5.59. The van der Waals surface area contributed by atoms with Crippen molar-refractivity contribution in [2.75, 3.05) is 5.73 Å². The monoisotopic (exact) mass is 216 g/mol. The number of rotatable bonds is 3. The standard InChI is InChI=1S/C8H13ClN4O/c1-4(2)5(3)14-8-12-6(9)11-7(10)13-8/h4-5H,1-3H3,(H2,10,11,12,13). The number of hydrogen-bond donors (Lipinski definition) is 1. The fourth-order valence-corrected chi connectivity index (χ4v) is 0.860. The Morgan fingerprint density at radius 1 is 1.21 bits per heavy atom. The predicted octanol–water partition coefficient (Wildman–Crippen LogP) is 1.53. The van der Waals surface area contributed by atoms with E-state index in [9.17, 15) is 0 Å². The highest BCUT2D eigenvalue weighted by atomic mass is 35.5. The second kappa shape index (κ2) is 4.41. The zero-order valence-corrected chi connectivity index (χ0v) is 9.12. The number of aromatic nitrogens is 3. The van der Waals surface area contributed by atoms with Gasteiger partial charge < -0.3 is 10.5 Å². The largest absolute Gasteiger partial charge is 0.460 e. The van der Waals surface area contributed by atoms with Gasteiger partial charge in [-0.2, -0.15) is 15.0 Å². The van der Waals surface area contributed by atoms with Crippen LogP contribution in [0, 0.1) is 5.92 Å². The molecule has 0 aliphatic rings. The average Bonchev–Trinajstić information content (AvgIpc) is 2.01. The molecule has 1 heterocycles. The highest BCUT2D eigenvalue weighted by molar-refractivity contribution is 6.28. The lowest BCUT2D eigenvalue weighted by Crippen LogP contribution is -2.20. The van der Waals surface area contributed by atoms with Crippen LogP contribution in [-0.2, 0) is 0 Å². The molecule has 1 atom stereocenters. The lowest BCUT2D eigenvalue weighted by molar-refractivity contribution is 0.155. The summed E-state index contributed by atoms with van der Waals surface area (Å²) < 4.78 is 5.41. The van der Waals surface area contributed by atoms with Crippen LogP contribution >= 0.6 is 11.6 Å². The summed E-state index contributed by atoms with van der Waals surface area (Å²) in [6.45, 7) is 6.01. The normalized spacial score (nSPS) is 12.9. The highest BCUT2D eigenvalue weighted by Crippen LogP contribution is 2.13. The van der Waals surface area contributed by atoms with E-state index >= 15 is 0 Å². The summed E-state index contributed by atoms with van der Waals surface area (Å²) in [5.41, 5.74) is 5.38. The van der Waals surface area contributed by atoms with Crippen LogP contribution in [-0.4, -0.2) is 21.1 Å². The number of hydrogen-bond acceptors (Lipinski definition) is 5. The first-order valence-electron chi connectivity index (χ1n) is 4.32. The first-order chi connectivity index (χ1) is 6.49. The topological polar surface area (TPSA) is 73.9 Å². The van der Waals surface area contributed by atoms with E-state index in [1.165, 1.54) is 0 Å². The first kappa shape index (κ1) is 11.0. The summed E-state index contributed by atoms with van der Waals surface area (Å²) in [6, 6.07) is 0.170. The quantitative estimate of drug-likeness (QED) is 0.830. The van der Waals surface area contributed by atoms with Crippen molar-refractivity contribution in [1.29, 1.82) is 0 Å². The van der Waals surface area contributed by atoms with Crippen molar-refractivity contribution in [2.45, 2.75) is 26.9 Å². The summed E-state index contributed by atoms with van der Waals surface area (Å²) in [5.74, 6) is 0.433. The van der Waals surface area contributed by atoms with Gasteiger partial charge in [-0.15, -0.1) is 0 Å². The Bertz CT molecular complexity index is 298. The van der Waals surface area contributed by atoms with Crippen LogP contribution in [0.15, 0.2) is 0 Å². The van der Waals surface area contributed by atoms with Gasteiger partial charge in [-0.05, 0) is 24.4 Å². The van der Waals surface area contributed by atoms with Gasteiger partial charge in [0, 0.05) is 0 Å². The Balaban J connectivity index is 2.76. The summed E-state index contributed by atoms with van der Waals surface area (Å²) in [5, 5.41) is 0.0449. The fourth-order valence-electron chi connectivity index (χ4n) is 0.701. The molecule has 0 fully saturated rings. The van der Waals surface area contributed by atoms with Crippen molar-refractivity contribution < 1.29 is 4.74 Å². The second-order valence-electron chi connectivity index (χ2n) is 3.31. The van der Waals surface area contributed by atoms with E-state index in [4.69, 9.17) is 22.1 Å².